The molecular weight excluding hydrogens is 723 g/mol. The smallest absolute Gasteiger partial charge is 0.292 e. The third-order valence-electron chi connectivity index (χ3n) is 11.0. The molecule has 5 rings (SSSR count). The molecule has 0 amide bonds. The van der Waals surface area contributed by atoms with Crippen molar-refractivity contribution in [2.24, 2.45) is 0 Å². The third-order valence-corrected chi connectivity index (χ3v) is 17.0. The molecular formula is C49H53N3O2SSi. The Morgan fingerprint density at radius 1 is 0.893 bits per heavy atom. The van der Waals surface area contributed by atoms with Crippen LogP contribution in [0, 0.1) is 24.5 Å². The van der Waals surface area contributed by atoms with Crippen molar-refractivity contribution in [2.75, 3.05) is 0 Å². The van der Waals surface area contributed by atoms with Gasteiger partial charge < -0.3 is 9.16 Å². The summed E-state index contributed by atoms with van der Waals surface area (Å²) in [6.45, 7) is 31.2. The Balaban J connectivity index is 1.52. The van der Waals surface area contributed by atoms with Crippen LogP contribution in [0.25, 0.3) is 27.9 Å². The second-order valence-electron chi connectivity index (χ2n) is 15.7. The van der Waals surface area contributed by atoms with Gasteiger partial charge in [-0.2, -0.15) is 0 Å². The fourth-order valence-corrected chi connectivity index (χ4v) is 10.7. The van der Waals surface area contributed by atoms with Crippen LogP contribution in [-0.4, -0.2) is 8.32 Å². The van der Waals surface area contributed by atoms with Crippen LogP contribution in [0.2, 0.25) is 11.6 Å². The molecule has 0 N–H and O–H groups in total. The van der Waals surface area contributed by atoms with Crippen LogP contribution in [0.15, 0.2) is 120 Å². The van der Waals surface area contributed by atoms with Crippen molar-refractivity contribution in [3.05, 3.63) is 169 Å². The first-order chi connectivity index (χ1) is 26.9. The lowest BCUT2D eigenvalue weighted by atomic mass is 9.87. The molecule has 1 aliphatic heterocycles. The normalized spacial score (nSPS) is 17.7. The fourth-order valence-electron chi connectivity index (χ4n) is 7.18. The standard InChI is InChI=1S/C49H53N3O2SSi/c1-10-12-20-36(21-13-11-2)38-27-26-37(45(34-38)54-56(9,48(3,4)5)42-24-18-15-19-25-42)28-29-40-30-31-41(55-40)32-33-43-46(52-8)47(44(35-50)51-7)53-49(43,6)39-22-16-14-17-23-39/h14-19,22-34,36H,10-13,20-21H2,1-6,9H3/b29-28+,33-32+,47-44+. The molecule has 5 nitrogen and oxygen atoms in total. The van der Waals surface area contributed by atoms with Crippen molar-refractivity contribution >= 4 is 43.1 Å². The molecule has 1 aromatic heterocycles. The molecule has 4 aromatic rings. The van der Waals surface area contributed by atoms with Gasteiger partial charge in [0.05, 0.1) is 19.2 Å². The minimum Gasteiger partial charge on any atom is -0.538 e. The van der Waals surface area contributed by atoms with Crippen molar-refractivity contribution in [3.8, 4) is 11.8 Å². The molecule has 56 heavy (non-hydrogen) atoms. The van der Waals surface area contributed by atoms with Crippen LogP contribution in [0.5, 0.6) is 5.75 Å². The predicted molar refractivity (Wildman–Crippen MR) is 236 cm³/mol. The van der Waals surface area contributed by atoms with E-state index in [1.807, 2.05) is 55.5 Å². The van der Waals surface area contributed by atoms with Crippen LogP contribution in [0.1, 0.15) is 112 Å². The van der Waals surface area contributed by atoms with Gasteiger partial charge in [-0.15, -0.1) is 11.3 Å². The first-order valence-electron chi connectivity index (χ1n) is 19.7. The number of benzene rings is 3. The monoisotopic (exact) mass is 775 g/mol. The zero-order valence-corrected chi connectivity index (χ0v) is 35.7. The lowest BCUT2D eigenvalue weighted by Gasteiger charge is -2.40. The molecule has 7 heteroatoms. The number of unbranched alkanes of at least 4 members (excludes halogenated alkanes) is 2. The molecule has 2 heterocycles. The van der Waals surface area contributed by atoms with E-state index < -0.39 is 13.9 Å². The second kappa shape index (κ2) is 18.5. The number of ether oxygens (including phenoxy) is 1. The Kier molecular flexibility index (Phi) is 13.8. The molecule has 0 fully saturated rings. The average molecular weight is 776 g/mol. The highest BCUT2D eigenvalue weighted by atomic mass is 32.1. The summed E-state index contributed by atoms with van der Waals surface area (Å²) in [5.41, 5.74) is 2.77. The van der Waals surface area contributed by atoms with E-state index in [1.54, 1.807) is 11.3 Å². The van der Waals surface area contributed by atoms with Crippen LogP contribution in [0.4, 0.5) is 0 Å². The topological polar surface area (TPSA) is 51.0 Å². The lowest BCUT2D eigenvalue weighted by molar-refractivity contribution is 0.0753. The van der Waals surface area contributed by atoms with Crippen molar-refractivity contribution in [3.63, 3.8) is 0 Å². The minimum atomic E-state index is -2.51. The molecule has 1 aliphatic rings. The number of thiophene rings is 1. The van der Waals surface area contributed by atoms with Gasteiger partial charge in [-0.05, 0) is 90.0 Å². The van der Waals surface area contributed by atoms with Gasteiger partial charge in [0.2, 0.25) is 5.70 Å². The average Bonchev–Trinajstić information content (AvgIpc) is 3.78. The van der Waals surface area contributed by atoms with Crippen LogP contribution < -0.4 is 9.61 Å². The van der Waals surface area contributed by atoms with Gasteiger partial charge in [0.15, 0.2) is 0 Å². The molecule has 0 saturated heterocycles. The third kappa shape index (κ3) is 9.17. The van der Waals surface area contributed by atoms with Crippen molar-refractivity contribution in [2.45, 2.75) is 103 Å². The molecule has 0 saturated carbocycles. The molecule has 2 atom stereocenters. The zero-order chi connectivity index (χ0) is 40.3. The maximum absolute atomic E-state index is 9.67. The van der Waals surface area contributed by atoms with Crippen molar-refractivity contribution in [1.82, 2.24) is 0 Å². The summed E-state index contributed by atoms with van der Waals surface area (Å²) in [6.07, 6.45) is 15.4. The highest BCUT2D eigenvalue weighted by Gasteiger charge is 2.46. The van der Waals surface area contributed by atoms with Gasteiger partial charge in [-0.25, -0.2) is 15.0 Å². The summed E-state index contributed by atoms with van der Waals surface area (Å²) in [7, 11) is -2.51. The molecule has 0 aliphatic carbocycles. The molecule has 2 unspecified atom stereocenters. The molecule has 0 radical (unpaired) electrons. The van der Waals surface area contributed by atoms with E-state index in [-0.39, 0.29) is 22.2 Å². The zero-order valence-electron chi connectivity index (χ0n) is 33.9. The number of allylic oxidation sites excluding steroid dienone is 1. The van der Waals surface area contributed by atoms with E-state index in [9.17, 15) is 5.26 Å². The fraction of sp³-hybridized carbons (Fsp3) is 0.327. The maximum Gasteiger partial charge on any atom is 0.292 e. The summed E-state index contributed by atoms with van der Waals surface area (Å²) >= 11 is 1.64. The Morgan fingerprint density at radius 2 is 1.50 bits per heavy atom. The minimum absolute atomic E-state index is 0.0299. The first kappa shape index (κ1) is 41.8. The van der Waals surface area contributed by atoms with E-state index in [1.165, 1.54) is 49.3 Å². The van der Waals surface area contributed by atoms with Crippen molar-refractivity contribution < 1.29 is 9.16 Å². The van der Waals surface area contributed by atoms with E-state index in [0.29, 0.717) is 11.5 Å². The van der Waals surface area contributed by atoms with Gasteiger partial charge in [-0.3, -0.25) is 0 Å². The van der Waals surface area contributed by atoms with E-state index >= 15 is 0 Å². The summed E-state index contributed by atoms with van der Waals surface area (Å²) in [5.74, 6) is 1.48. The number of rotatable bonds is 15. The van der Waals surface area contributed by atoms with Gasteiger partial charge >= 0.3 is 0 Å². The van der Waals surface area contributed by atoms with E-state index in [2.05, 4.69) is 124 Å². The number of nitriles is 1. The molecule has 0 bridgehead atoms. The molecule has 3 aromatic carbocycles. The quantitative estimate of drug-likeness (QED) is 0.0686. The Bertz CT molecular complexity index is 2220. The molecule has 0 spiro atoms. The predicted octanol–water partition coefficient (Wildman–Crippen LogP) is 13.8. The van der Waals surface area contributed by atoms with Gasteiger partial charge in [0, 0.05) is 20.9 Å². The van der Waals surface area contributed by atoms with Crippen LogP contribution in [0.3, 0.4) is 0 Å². The summed E-state index contributed by atoms with van der Waals surface area (Å²) < 4.78 is 13.7. The highest BCUT2D eigenvalue weighted by molar-refractivity contribution is 7.13. The van der Waals surface area contributed by atoms with Crippen LogP contribution in [-0.2, 0) is 10.3 Å². The number of hydrogen-bond donors (Lipinski definition) is 0. The molecule has 286 valence electrons. The van der Waals surface area contributed by atoms with Crippen LogP contribution >= 0.6 is 11.3 Å². The number of nitrogens with zero attached hydrogens (tertiary/aromatic N) is 3. The summed E-state index contributed by atoms with van der Waals surface area (Å²) in [6, 6.07) is 33.4. The second-order valence-corrected chi connectivity index (χ2v) is 21.2. The number of hydrogen-bond acceptors (Lipinski definition) is 4. The summed E-state index contributed by atoms with van der Waals surface area (Å²) in [4.78, 5) is 9.21. The highest BCUT2D eigenvalue weighted by Crippen LogP contribution is 2.48. The first-order valence-corrected chi connectivity index (χ1v) is 22.9. The Hall–Kier alpha value is -5.39. The van der Waals surface area contributed by atoms with Crippen molar-refractivity contribution in [1.29, 1.82) is 5.26 Å². The largest absolute Gasteiger partial charge is 0.538 e. The maximum atomic E-state index is 9.67. The van der Waals surface area contributed by atoms with Gasteiger partial charge in [0.1, 0.15) is 17.1 Å². The Labute approximate surface area is 340 Å². The van der Waals surface area contributed by atoms with Gasteiger partial charge in [-0.1, -0.05) is 139 Å². The van der Waals surface area contributed by atoms with Gasteiger partial charge in [0.25, 0.3) is 14.0 Å². The SMILES string of the molecule is [C-]#[N+]C1=C(/C=C/c2ccc(/C=C/c3ccc(C(CCCC)CCCC)cc3O[Si](C)(c3ccccc3)C(C)(C)C)s2)C(C)(c2ccccc2)O/C1=C(\C#N)[N+]#[C-]. The Morgan fingerprint density at radius 3 is 2.05 bits per heavy atom. The lowest BCUT2D eigenvalue weighted by Crippen LogP contribution is -2.57. The summed E-state index contributed by atoms with van der Waals surface area (Å²) in [5, 5.41) is 10.9. The van der Waals surface area contributed by atoms with E-state index in [4.69, 9.17) is 22.3 Å². The van der Waals surface area contributed by atoms with E-state index in [0.717, 1.165) is 26.6 Å².